The van der Waals surface area contributed by atoms with Crippen molar-refractivity contribution in [3.8, 4) is 17.2 Å². The Labute approximate surface area is 229 Å². The Bertz CT molecular complexity index is 1330. The standard InChI is InChI=1S/C27H37N5O6S/c1-17(2)38-26(20-15-28-18(3)14-29-20)19(4)39(33,34)16-24-30-31-27(23-10-7-8-13-37-23)32(24)25-21(35-5)11-9-12-22(25)36-6/h9,11-12,14-15,17,19,23,26H,7-8,10,13,16H2,1-6H3/t19-,23-,26+/m0/s1. The molecular formula is C27H37N5O6S. The molecule has 2 aromatic heterocycles. The van der Waals surface area contributed by atoms with E-state index in [4.69, 9.17) is 18.9 Å². The topological polar surface area (TPSA) is 128 Å². The third-order valence-electron chi connectivity index (χ3n) is 6.68. The highest BCUT2D eigenvalue weighted by atomic mass is 32.2. The second kappa shape index (κ2) is 12.4. The van der Waals surface area contributed by atoms with Crippen LogP contribution in [0.3, 0.4) is 0 Å². The number of hydrogen-bond donors (Lipinski definition) is 0. The molecule has 4 rings (SSSR count). The van der Waals surface area contributed by atoms with Crippen molar-refractivity contribution in [3.63, 3.8) is 0 Å². The molecule has 1 fully saturated rings. The molecule has 1 aromatic carbocycles. The first-order valence-electron chi connectivity index (χ1n) is 13.1. The fraction of sp³-hybridized carbons (Fsp3) is 0.556. The fourth-order valence-corrected chi connectivity index (χ4v) is 6.03. The van der Waals surface area contributed by atoms with Crippen LogP contribution in [0.5, 0.6) is 11.5 Å². The molecular weight excluding hydrogens is 522 g/mol. The van der Waals surface area contributed by atoms with E-state index in [1.54, 1.807) is 56.3 Å². The van der Waals surface area contributed by atoms with Gasteiger partial charge >= 0.3 is 0 Å². The van der Waals surface area contributed by atoms with Crippen LogP contribution in [0.2, 0.25) is 0 Å². The Kier molecular flexibility index (Phi) is 9.19. The van der Waals surface area contributed by atoms with Crippen LogP contribution in [-0.4, -0.2) is 65.3 Å². The van der Waals surface area contributed by atoms with Gasteiger partial charge in [-0.05, 0) is 59.1 Å². The van der Waals surface area contributed by atoms with Gasteiger partial charge in [0, 0.05) is 12.8 Å². The lowest BCUT2D eigenvalue weighted by molar-refractivity contribution is 0.00380. The predicted molar refractivity (Wildman–Crippen MR) is 145 cm³/mol. The summed E-state index contributed by atoms with van der Waals surface area (Å²) in [7, 11) is -0.742. The Morgan fingerprint density at radius 3 is 2.33 bits per heavy atom. The molecule has 3 heterocycles. The largest absolute Gasteiger partial charge is 0.494 e. The summed E-state index contributed by atoms with van der Waals surface area (Å²) >= 11 is 0. The van der Waals surface area contributed by atoms with Crippen molar-refractivity contribution < 1.29 is 27.4 Å². The highest BCUT2D eigenvalue weighted by molar-refractivity contribution is 7.91. The summed E-state index contributed by atoms with van der Waals surface area (Å²) in [6.45, 7) is 7.75. The first kappa shape index (κ1) is 28.9. The van der Waals surface area contributed by atoms with Crippen LogP contribution in [-0.2, 0) is 25.1 Å². The van der Waals surface area contributed by atoms with Gasteiger partial charge in [-0.15, -0.1) is 10.2 Å². The molecule has 0 aliphatic carbocycles. The number of methoxy groups -OCH3 is 2. The van der Waals surface area contributed by atoms with Crippen LogP contribution in [0, 0.1) is 6.92 Å². The van der Waals surface area contributed by atoms with E-state index in [0.29, 0.717) is 35.3 Å². The van der Waals surface area contributed by atoms with Crippen LogP contribution in [0.4, 0.5) is 0 Å². The molecule has 0 N–H and O–H groups in total. The summed E-state index contributed by atoms with van der Waals surface area (Å²) < 4.78 is 53.0. The minimum absolute atomic E-state index is 0.229. The van der Waals surface area contributed by atoms with Crippen LogP contribution < -0.4 is 9.47 Å². The Morgan fingerprint density at radius 2 is 1.77 bits per heavy atom. The van der Waals surface area contributed by atoms with Gasteiger partial charge in [-0.1, -0.05) is 6.07 Å². The number of benzene rings is 1. The lowest BCUT2D eigenvalue weighted by atomic mass is 10.1. The highest BCUT2D eigenvalue weighted by Gasteiger charge is 2.36. The molecule has 3 atom stereocenters. The summed E-state index contributed by atoms with van der Waals surface area (Å²) in [5.41, 5.74) is 1.71. The maximum atomic E-state index is 13.9. The van der Waals surface area contributed by atoms with Gasteiger partial charge in [0.15, 0.2) is 21.5 Å². The normalized spacial score (nSPS) is 17.7. The molecule has 3 aromatic rings. The number of ether oxygens (including phenoxy) is 4. The van der Waals surface area contributed by atoms with Crippen LogP contribution in [0.1, 0.15) is 75.3 Å². The molecule has 12 heteroatoms. The number of aromatic nitrogens is 5. The third kappa shape index (κ3) is 6.39. The molecule has 1 saturated heterocycles. The number of nitrogens with zero attached hydrogens (tertiary/aromatic N) is 5. The van der Waals surface area contributed by atoms with Crippen molar-refractivity contribution in [2.24, 2.45) is 0 Å². The molecule has 0 amide bonds. The molecule has 0 radical (unpaired) electrons. The SMILES string of the molecule is COc1cccc(OC)c1-n1c(CS(=O)(=O)[C@@H](C)[C@@H](OC(C)C)c2cnc(C)cn2)nnc1[C@@H]1CCCCO1. The summed E-state index contributed by atoms with van der Waals surface area (Å²) in [5.74, 6) is 1.33. The zero-order chi connectivity index (χ0) is 28.2. The Morgan fingerprint density at radius 1 is 1.05 bits per heavy atom. The summed E-state index contributed by atoms with van der Waals surface area (Å²) in [5, 5.41) is 7.85. The maximum absolute atomic E-state index is 13.9. The fourth-order valence-electron chi connectivity index (χ4n) is 4.64. The van der Waals surface area contributed by atoms with Gasteiger partial charge in [-0.2, -0.15) is 0 Å². The second-order valence-electron chi connectivity index (χ2n) is 9.88. The smallest absolute Gasteiger partial charge is 0.167 e. The molecule has 0 unspecified atom stereocenters. The average Bonchev–Trinajstić information content (AvgIpc) is 3.33. The summed E-state index contributed by atoms with van der Waals surface area (Å²) in [6.07, 6.45) is 4.46. The van der Waals surface area contributed by atoms with Crippen LogP contribution in [0.15, 0.2) is 30.6 Å². The highest BCUT2D eigenvalue weighted by Crippen LogP contribution is 2.38. The van der Waals surface area contributed by atoms with Crippen molar-refractivity contribution in [1.82, 2.24) is 24.7 Å². The lowest BCUT2D eigenvalue weighted by Gasteiger charge is -2.26. The minimum atomic E-state index is -3.84. The Balaban J connectivity index is 1.79. The lowest BCUT2D eigenvalue weighted by Crippen LogP contribution is -2.31. The van der Waals surface area contributed by atoms with E-state index < -0.39 is 26.9 Å². The summed E-state index contributed by atoms with van der Waals surface area (Å²) in [4.78, 5) is 8.71. The van der Waals surface area contributed by atoms with Crippen molar-refractivity contribution in [2.75, 3.05) is 20.8 Å². The monoisotopic (exact) mass is 559 g/mol. The number of rotatable bonds is 11. The molecule has 39 heavy (non-hydrogen) atoms. The van der Waals surface area contributed by atoms with Gasteiger partial charge in [0.1, 0.15) is 35.1 Å². The van der Waals surface area contributed by atoms with Crippen molar-refractivity contribution in [1.29, 1.82) is 0 Å². The first-order chi connectivity index (χ1) is 18.7. The zero-order valence-electron chi connectivity index (χ0n) is 23.3. The molecule has 0 saturated carbocycles. The van der Waals surface area contributed by atoms with Crippen molar-refractivity contribution in [3.05, 3.63) is 53.6 Å². The molecule has 212 valence electrons. The second-order valence-corrected chi connectivity index (χ2v) is 12.2. The number of para-hydroxylation sites is 1. The number of sulfone groups is 1. The van der Waals surface area contributed by atoms with E-state index in [-0.39, 0.29) is 18.0 Å². The van der Waals surface area contributed by atoms with Gasteiger partial charge < -0.3 is 18.9 Å². The predicted octanol–water partition coefficient (Wildman–Crippen LogP) is 4.09. The first-order valence-corrected chi connectivity index (χ1v) is 14.8. The molecule has 1 aliphatic rings. The third-order valence-corrected chi connectivity index (χ3v) is 8.72. The van der Waals surface area contributed by atoms with Crippen LogP contribution >= 0.6 is 0 Å². The number of aryl methyl sites for hydroxylation is 1. The van der Waals surface area contributed by atoms with E-state index in [9.17, 15) is 8.42 Å². The van der Waals surface area contributed by atoms with E-state index in [2.05, 4.69) is 20.2 Å². The summed E-state index contributed by atoms with van der Waals surface area (Å²) in [6, 6.07) is 5.37. The van der Waals surface area contributed by atoms with E-state index >= 15 is 0 Å². The molecule has 0 spiro atoms. The number of hydrogen-bond acceptors (Lipinski definition) is 10. The van der Waals surface area contributed by atoms with Crippen molar-refractivity contribution >= 4 is 9.84 Å². The van der Waals surface area contributed by atoms with Crippen molar-refractivity contribution in [2.45, 2.75) is 76.3 Å². The average molecular weight is 560 g/mol. The van der Waals surface area contributed by atoms with E-state index in [0.717, 1.165) is 25.0 Å². The van der Waals surface area contributed by atoms with Gasteiger partial charge in [-0.25, -0.2) is 8.42 Å². The van der Waals surface area contributed by atoms with Gasteiger partial charge in [0.2, 0.25) is 0 Å². The molecule has 0 bridgehead atoms. The maximum Gasteiger partial charge on any atom is 0.167 e. The zero-order valence-corrected chi connectivity index (χ0v) is 24.1. The minimum Gasteiger partial charge on any atom is -0.494 e. The molecule has 11 nitrogen and oxygen atoms in total. The van der Waals surface area contributed by atoms with Gasteiger partial charge in [-0.3, -0.25) is 14.5 Å². The Hall–Kier alpha value is -3.09. The van der Waals surface area contributed by atoms with Crippen LogP contribution in [0.25, 0.3) is 5.69 Å². The van der Waals surface area contributed by atoms with Gasteiger partial charge in [0.25, 0.3) is 0 Å². The van der Waals surface area contributed by atoms with E-state index in [1.807, 2.05) is 20.8 Å². The van der Waals surface area contributed by atoms with Gasteiger partial charge in [0.05, 0.1) is 43.2 Å². The molecule has 1 aliphatic heterocycles. The van der Waals surface area contributed by atoms with E-state index in [1.165, 1.54) is 0 Å². The quantitative estimate of drug-likeness (QED) is 0.339.